The van der Waals surface area contributed by atoms with E-state index in [1.165, 1.54) is 6.07 Å². The Labute approximate surface area is 197 Å². The number of nitrogens with zero attached hydrogens (tertiary/aromatic N) is 2. The summed E-state index contributed by atoms with van der Waals surface area (Å²) in [6, 6.07) is 15.2. The number of amides is 2. The van der Waals surface area contributed by atoms with Gasteiger partial charge in [-0.2, -0.15) is 0 Å². The maximum absolute atomic E-state index is 12.5. The number of methoxy groups -OCH3 is 1. The average molecular weight is 484 g/mol. The Morgan fingerprint density at radius 3 is 2.09 bits per heavy atom. The summed E-state index contributed by atoms with van der Waals surface area (Å²) >= 11 is 0. The lowest BCUT2D eigenvalue weighted by Crippen LogP contribution is -2.27. The quantitative estimate of drug-likeness (QED) is 0.401. The minimum atomic E-state index is -3.35. The first-order valence-electron chi connectivity index (χ1n) is 10.4. The molecule has 0 aliphatic rings. The van der Waals surface area contributed by atoms with Gasteiger partial charge < -0.3 is 15.4 Å². The molecule has 0 spiro atoms. The van der Waals surface area contributed by atoms with Gasteiger partial charge in [0.15, 0.2) is 0 Å². The molecule has 0 unspecified atom stereocenters. The molecule has 0 fully saturated rings. The van der Waals surface area contributed by atoms with Gasteiger partial charge in [0.1, 0.15) is 23.5 Å². The third-order valence-corrected chi connectivity index (χ3v) is 6.09. The number of nitrogens with one attached hydrogen (secondary N) is 3. The Morgan fingerprint density at radius 1 is 0.882 bits per heavy atom. The predicted molar refractivity (Wildman–Crippen MR) is 127 cm³/mol. The predicted octanol–water partition coefficient (Wildman–Crippen LogP) is 2.11. The fraction of sp³-hybridized carbons (Fsp3) is 0.217. The van der Waals surface area contributed by atoms with Crippen LogP contribution >= 0.6 is 0 Å². The van der Waals surface area contributed by atoms with E-state index >= 15 is 0 Å². The molecule has 11 heteroatoms. The first-order chi connectivity index (χ1) is 16.3. The van der Waals surface area contributed by atoms with E-state index in [9.17, 15) is 18.0 Å². The molecule has 0 saturated heterocycles. The number of rotatable bonds is 10. The Bertz CT molecular complexity index is 1260. The van der Waals surface area contributed by atoms with Crippen LogP contribution in [0.15, 0.2) is 60.9 Å². The van der Waals surface area contributed by atoms with Crippen molar-refractivity contribution < 1.29 is 22.7 Å². The van der Waals surface area contributed by atoms with E-state index < -0.39 is 21.8 Å². The van der Waals surface area contributed by atoms with E-state index in [2.05, 4.69) is 25.3 Å². The number of carbonyl (C=O) groups is 2. The normalized spacial score (nSPS) is 10.9. The molecule has 0 aliphatic carbocycles. The van der Waals surface area contributed by atoms with Crippen LogP contribution in [0.5, 0.6) is 5.75 Å². The van der Waals surface area contributed by atoms with Gasteiger partial charge in [-0.05, 0) is 42.3 Å². The summed E-state index contributed by atoms with van der Waals surface area (Å²) in [5.74, 6) is -0.251. The van der Waals surface area contributed by atoms with Crippen molar-refractivity contribution in [1.82, 2.24) is 20.6 Å². The Hall–Kier alpha value is -3.99. The molecule has 3 aromatic rings. The van der Waals surface area contributed by atoms with Crippen LogP contribution in [0.4, 0.5) is 5.69 Å². The van der Waals surface area contributed by atoms with Crippen LogP contribution in [0, 0.1) is 0 Å². The lowest BCUT2D eigenvalue weighted by atomic mass is 10.2. The zero-order chi connectivity index (χ0) is 24.6. The number of ether oxygens (including phenoxy) is 1. The molecule has 34 heavy (non-hydrogen) atoms. The van der Waals surface area contributed by atoms with Crippen molar-refractivity contribution in [2.75, 3.05) is 17.6 Å². The molecule has 3 rings (SSSR count). The summed E-state index contributed by atoms with van der Waals surface area (Å²) < 4.78 is 30.9. The number of benzene rings is 2. The van der Waals surface area contributed by atoms with Crippen molar-refractivity contribution in [2.45, 2.75) is 20.0 Å². The summed E-state index contributed by atoms with van der Waals surface area (Å²) in [5, 5.41) is 5.47. The number of sulfonamides is 1. The minimum Gasteiger partial charge on any atom is -0.497 e. The highest BCUT2D eigenvalue weighted by atomic mass is 32.2. The molecule has 1 aromatic heterocycles. The van der Waals surface area contributed by atoms with Crippen LogP contribution in [0.2, 0.25) is 0 Å². The van der Waals surface area contributed by atoms with Gasteiger partial charge in [0.2, 0.25) is 10.0 Å². The third kappa shape index (κ3) is 7.01. The summed E-state index contributed by atoms with van der Waals surface area (Å²) in [6.45, 7) is 2.02. The fourth-order valence-electron chi connectivity index (χ4n) is 2.88. The van der Waals surface area contributed by atoms with E-state index in [1.807, 2.05) is 24.3 Å². The number of anilines is 1. The molecule has 0 bridgehead atoms. The van der Waals surface area contributed by atoms with Gasteiger partial charge in [-0.1, -0.05) is 24.3 Å². The van der Waals surface area contributed by atoms with E-state index in [-0.39, 0.29) is 30.2 Å². The zero-order valence-corrected chi connectivity index (χ0v) is 19.6. The van der Waals surface area contributed by atoms with Crippen molar-refractivity contribution >= 4 is 27.5 Å². The monoisotopic (exact) mass is 483 g/mol. The first-order valence-corrected chi connectivity index (χ1v) is 12.1. The molecule has 0 radical (unpaired) electrons. The standard InChI is InChI=1S/C23H25N5O5S/c1-3-34(31,32)28-18-9-7-16(8-10-18)13-24-22(29)20-12-21(27-15-26-20)23(30)25-14-17-5-4-6-19(11-17)33-2/h4-12,15,28H,3,13-14H2,1-2H3,(H,24,29)(H,25,30). The zero-order valence-electron chi connectivity index (χ0n) is 18.7. The Balaban J connectivity index is 1.56. The minimum absolute atomic E-state index is 0.0231. The molecular weight excluding hydrogens is 458 g/mol. The van der Waals surface area contributed by atoms with Crippen molar-refractivity contribution in [3.63, 3.8) is 0 Å². The van der Waals surface area contributed by atoms with Crippen LogP contribution in [-0.4, -0.2) is 43.1 Å². The average Bonchev–Trinajstić information content (AvgIpc) is 2.86. The van der Waals surface area contributed by atoms with E-state index in [0.717, 1.165) is 17.5 Å². The molecule has 2 amide bonds. The highest BCUT2D eigenvalue weighted by molar-refractivity contribution is 7.92. The number of aromatic nitrogens is 2. The SMILES string of the molecule is CCS(=O)(=O)Nc1ccc(CNC(=O)c2cc(C(=O)NCc3cccc(OC)c3)ncn2)cc1. The number of hydrogen-bond donors (Lipinski definition) is 3. The molecule has 3 N–H and O–H groups in total. The summed E-state index contributed by atoms with van der Waals surface area (Å²) in [4.78, 5) is 32.9. The van der Waals surface area contributed by atoms with Crippen molar-refractivity contribution in [3.8, 4) is 5.75 Å². The third-order valence-electron chi connectivity index (χ3n) is 4.78. The van der Waals surface area contributed by atoms with Crippen molar-refractivity contribution in [3.05, 3.63) is 83.4 Å². The summed E-state index contributed by atoms with van der Waals surface area (Å²) in [7, 11) is -1.79. The molecule has 0 saturated carbocycles. The molecule has 2 aromatic carbocycles. The topological polar surface area (TPSA) is 139 Å². The van der Waals surface area contributed by atoms with E-state index in [0.29, 0.717) is 11.4 Å². The lowest BCUT2D eigenvalue weighted by Gasteiger charge is -2.09. The van der Waals surface area contributed by atoms with Gasteiger partial charge in [-0.15, -0.1) is 0 Å². The highest BCUT2D eigenvalue weighted by Crippen LogP contribution is 2.13. The largest absolute Gasteiger partial charge is 0.497 e. The van der Waals surface area contributed by atoms with Crippen LogP contribution in [0.1, 0.15) is 39.0 Å². The molecule has 1 heterocycles. The molecule has 0 aliphatic heterocycles. The van der Waals surface area contributed by atoms with Gasteiger partial charge in [-0.25, -0.2) is 18.4 Å². The molecular formula is C23H25N5O5S. The van der Waals surface area contributed by atoms with Gasteiger partial charge in [0, 0.05) is 24.8 Å². The Kier molecular flexibility index (Phi) is 8.14. The summed E-state index contributed by atoms with van der Waals surface area (Å²) in [6.07, 6.45) is 1.16. The Morgan fingerprint density at radius 2 is 1.50 bits per heavy atom. The number of carbonyl (C=O) groups excluding carboxylic acids is 2. The van der Waals surface area contributed by atoms with Crippen molar-refractivity contribution in [1.29, 1.82) is 0 Å². The van der Waals surface area contributed by atoms with Crippen LogP contribution < -0.4 is 20.1 Å². The summed E-state index contributed by atoms with van der Waals surface area (Å²) in [5.41, 5.74) is 2.17. The van der Waals surface area contributed by atoms with Gasteiger partial charge in [0.05, 0.1) is 12.9 Å². The second-order valence-electron chi connectivity index (χ2n) is 7.21. The lowest BCUT2D eigenvalue weighted by molar-refractivity contribution is 0.0944. The van der Waals surface area contributed by atoms with Crippen LogP contribution in [0.25, 0.3) is 0 Å². The van der Waals surface area contributed by atoms with Crippen molar-refractivity contribution in [2.24, 2.45) is 0 Å². The smallest absolute Gasteiger partial charge is 0.270 e. The number of hydrogen-bond acceptors (Lipinski definition) is 7. The first kappa shape index (κ1) is 24.6. The van der Waals surface area contributed by atoms with Gasteiger partial charge in [0.25, 0.3) is 11.8 Å². The van der Waals surface area contributed by atoms with Crippen LogP contribution in [-0.2, 0) is 23.1 Å². The maximum Gasteiger partial charge on any atom is 0.270 e. The van der Waals surface area contributed by atoms with Gasteiger partial charge >= 0.3 is 0 Å². The second-order valence-corrected chi connectivity index (χ2v) is 9.22. The highest BCUT2D eigenvalue weighted by Gasteiger charge is 2.13. The maximum atomic E-state index is 12.5. The van der Waals surface area contributed by atoms with Gasteiger partial charge in [-0.3, -0.25) is 14.3 Å². The molecule has 0 atom stereocenters. The molecule has 178 valence electrons. The van der Waals surface area contributed by atoms with Crippen LogP contribution in [0.3, 0.4) is 0 Å². The fourth-order valence-corrected chi connectivity index (χ4v) is 3.52. The second kappa shape index (κ2) is 11.2. The van der Waals surface area contributed by atoms with E-state index in [1.54, 1.807) is 38.3 Å². The van der Waals surface area contributed by atoms with E-state index in [4.69, 9.17) is 4.74 Å². The molecule has 10 nitrogen and oxygen atoms in total.